The van der Waals surface area contributed by atoms with Crippen LogP contribution < -0.4 is 21.7 Å². The van der Waals surface area contributed by atoms with Crippen molar-refractivity contribution in [2.45, 2.75) is 70.1 Å². The highest BCUT2D eigenvalue weighted by atomic mass is 16.4. The molecule has 0 bridgehead atoms. The number of nitrogens with one attached hydrogen (secondary N) is 4. The summed E-state index contributed by atoms with van der Waals surface area (Å²) < 4.78 is 0. The number of aromatic nitrogens is 2. The van der Waals surface area contributed by atoms with E-state index in [2.05, 4.69) is 25.9 Å². The topological polar surface area (TPSA) is 254 Å². The van der Waals surface area contributed by atoms with Crippen molar-refractivity contribution >= 4 is 35.6 Å². The summed E-state index contributed by atoms with van der Waals surface area (Å²) in [6.45, 7) is 3.20. The lowest BCUT2D eigenvalue weighted by atomic mass is 10.0. The molecule has 9 N–H and O–H groups in total. The number of carboxylic acids is 3. The minimum atomic E-state index is -1.42. The molecule has 0 saturated carbocycles. The van der Waals surface area contributed by atoms with Crippen molar-refractivity contribution in [1.29, 1.82) is 0 Å². The molecule has 15 nitrogen and oxygen atoms in total. The average Bonchev–Trinajstić information content (AvgIpc) is 3.30. The molecule has 3 amide bonds. The third kappa shape index (κ3) is 10.5. The van der Waals surface area contributed by atoms with E-state index in [1.807, 2.05) is 0 Å². The van der Waals surface area contributed by atoms with Crippen LogP contribution in [0.1, 0.15) is 45.2 Å². The average molecular weight is 513 g/mol. The number of hydrogen-bond donors (Lipinski definition) is 8. The lowest BCUT2D eigenvalue weighted by Crippen LogP contribution is -2.58. The van der Waals surface area contributed by atoms with Crippen LogP contribution in [0.25, 0.3) is 0 Å². The molecule has 4 unspecified atom stereocenters. The lowest BCUT2D eigenvalue weighted by Gasteiger charge is -2.26. The maximum Gasteiger partial charge on any atom is 0.326 e. The van der Waals surface area contributed by atoms with Crippen molar-refractivity contribution in [3.8, 4) is 0 Å². The molecule has 36 heavy (non-hydrogen) atoms. The Hall–Kier alpha value is -4.01. The Morgan fingerprint density at radius 2 is 1.47 bits per heavy atom. The largest absolute Gasteiger partial charge is 0.481 e. The van der Waals surface area contributed by atoms with E-state index in [0.717, 1.165) is 0 Å². The highest BCUT2D eigenvalue weighted by Crippen LogP contribution is 2.08. The zero-order chi connectivity index (χ0) is 27.4. The molecule has 0 aliphatic heterocycles. The molecule has 15 heteroatoms. The monoisotopic (exact) mass is 512 g/mol. The smallest absolute Gasteiger partial charge is 0.326 e. The van der Waals surface area contributed by atoms with E-state index in [-0.39, 0.29) is 25.7 Å². The molecule has 0 aliphatic carbocycles. The van der Waals surface area contributed by atoms with E-state index >= 15 is 0 Å². The van der Waals surface area contributed by atoms with Crippen molar-refractivity contribution in [2.75, 3.05) is 0 Å². The first-order valence-corrected chi connectivity index (χ1v) is 11.1. The molecule has 0 radical (unpaired) electrons. The van der Waals surface area contributed by atoms with Crippen molar-refractivity contribution in [3.63, 3.8) is 0 Å². The predicted molar refractivity (Wildman–Crippen MR) is 122 cm³/mol. The molecule has 1 aromatic heterocycles. The first-order chi connectivity index (χ1) is 16.8. The number of nitrogens with two attached hydrogens (primary N) is 1. The fourth-order valence-electron chi connectivity index (χ4n) is 3.09. The fourth-order valence-corrected chi connectivity index (χ4v) is 3.09. The summed E-state index contributed by atoms with van der Waals surface area (Å²) in [5.74, 6) is -6.76. The number of carbonyl (C=O) groups is 6. The molecule has 0 fully saturated rings. The predicted octanol–water partition coefficient (Wildman–Crippen LogP) is -1.80. The number of carboxylic acid groups (broad SMARTS) is 3. The van der Waals surface area contributed by atoms with Gasteiger partial charge in [-0.3, -0.25) is 24.0 Å². The zero-order valence-corrected chi connectivity index (χ0v) is 19.9. The Labute approximate surface area is 206 Å². The van der Waals surface area contributed by atoms with Crippen LogP contribution in [0, 0.1) is 5.92 Å². The van der Waals surface area contributed by atoms with Crippen molar-refractivity contribution in [2.24, 2.45) is 11.7 Å². The summed E-state index contributed by atoms with van der Waals surface area (Å²) in [5.41, 5.74) is 6.11. The van der Waals surface area contributed by atoms with Gasteiger partial charge in [-0.25, -0.2) is 9.78 Å². The van der Waals surface area contributed by atoms with Crippen LogP contribution in [0.4, 0.5) is 0 Å². The third-order valence-corrected chi connectivity index (χ3v) is 5.13. The van der Waals surface area contributed by atoms with Crippen molar-refractivity contribution in [1.82, 2.24) is 25.9 Å². The molecule has 0 spiro atoms. The molecule has 200 valence electrons. The van der Waals surface area contributed by atoms with Crippen LogP contribution in [0.15, 0.2) is 12.5 Å². The van der Waals surface area contributed by atoms with Gasteiger partial charge in [0.05, 0.1) is 12.4 Å². The number of amides is 3. The number of aliphatic carboxylic acids is 3. The number of rotatable bonds is 16. The Kier molecular flexibility index (Phi) is 12.0. The maximum absolute atomic E-state index is 12.9. The third-order valence-electron chi connectivity index (χ3n) is 5.13. The summed E-state index contributed by atoms with van der Waals surface area (Å²) in [7, 11) is 0. The maximum atomic E-state index is 12.9. The van der Waals surface area contributed by atoms with Crippen LogP contribution in [-0.4, -0.2) is 85.1 Å². The van der Waals surface area contributed by atoms with E-state index in [1.165, 1.54) is 12.5 Å². The van der Waals surface area contributed by atoms with Gasteiger partial charge in [0.15, 0.2) is 0 Å². The van der Waals surface area contributed by atoms with E-state index in [9.17, 15) is 33.9 Å². The Balaban J connectivity index is 2.96. The highest BCUT2D eigenvalue weighted by Gasteiger charge is 2.32. The SMILES string of the molecule is CC(C)C(NC(=O)C(N)CCC(=O)O)C(=O)NC(CCC(=O)O)C(=O)NC(Cc1cnc[nH]1)C(=O)O. The van der Waals surface area contributed by atoms with Crippen LogP contribution in [-0.2, 0) is 35.2 Å². The van der Waals surface area contributed by atoms with Crippen molar-refractivity contribution < 1.29 is 44.1 Å². The fraction of sp³-hybridized carbons (Fsp3) is 0.571. The number of hydrogen-bond acceptors (Lipinski definition) is 8. The Morgan fingerprint density at radius 3 is 1.97 bits per heavy atom. The van der Waals surface area contributed by atoms with Crippen LogP contribution in [0.3, 0.4) is 0 Å². The Bertz CT molecular complexity index is 934. The van der Waals surface area contributed by atoms with Gasteiger partial charge in [0.25, 0.3) is 0 Å². The number of imidazole rings is 1. The zero-order valence-electron chi connectivity index (χ0n) is 19.9. The lowest BCUT2D eigenvalue weighted by molar-refractivity contribution is -0.143. The van der Waals surface area contributed by atoms with E-state index in [4.69, 9.17) is 15.9 Å². The first-order valence-electron chi connectivity index (χ1n) is 11.1. The van der Waals surface area contributed by atoms with Crippen LogP contribution >= 0.6 is 0 Å². The molecule has 0 saturated heterocycles. The van der Waals surface area contributed by atoms with Crippen molar-refractivity contribution in [3.05, 3.63) is 18.2 Å². The van der Waals surface area contributed by atoms with E-state index < -0.39 is 72.1 Å². The molecular weight excluding hydrogens is 480 g/mol. The summed E-state index contributed by atoms with van der Waals surface area (Å²) in [4.78, 5) is 78.0. The van der Waals surface area contributed by atoms with Gasteiger partial charge in [-0.2, -0.15) is 0 Å². The van der Waals surface area contributed by atoms with Gasteiger partial charge in [-0.15, -0.1) is 0 Å². The number of aromatic amines is 1. The van der Waals surface area contributed by atoms with Crippen LogP contribution in [0.2, 0.25) is 0 Å². The molecule has 1 aromatic rings. The van der Waals surface area contributed by atoms with Gasteiger partial charge in [-0.1, -0.05) is 13.8 Å². The quantitative estimate of drug-likeness (QED) is 0.123. The summed E-state index contributed by atoms with van der Waals surface area (Å²) >= 11 is 0. The molecule has 0 aromatic carbocycles. The van der Waals surface area contributed by atoms with E-state index in [1.54, 1.807) is 13.8 Å². The number of carbonyl (C=O) groups excluding carboxylic acids is 3. The van der Waals surface area contributed by atoms with E-state index in [0.29, 0.717) is 5.69 Å². The molecule has 4 atom stereocenters. The Morgan fingerprint density at radius 1 is 0.889 bits per heavy atom. The van der Waals surface area contributed by atoms with Gasteiger partial charge in [-0.05, 0) is 18.8 Å². The molecule has 1 rings (SSSR count). The summed E-state index contributed by atoms with van der Waals surface area (Å²) in [5, 5.41) is 34.3. The van der Waals surface area contributed by atoms with Crippen LogP contribution in [0.5, 0.6) is 0 Å². The van der Waals surface area contributed by atoms with Gasteiger partial charge < -0.3 is 42.0 Å². The minimum absolute atomic E-state index is 0.139. The normalized spacial score (nSPS) is 14.2. The van der Waals surface area contributed by atoms with Gasteiger partial charge >= 0.3 is 17.9 Å². The van der Waals surface area contributed by atoms with Gasteiger partial charge in [0, 0.05) is 31.2 Å². The van der Waals surface area contributed by atoms with Gasteiger partial charge in [0.2, 0.25) is 17.7 Å². The second-order valence-corrected chi connectivity index (χ2v) is 8.44. The second-order valence-electron chi connectivity index (χ2n) is 8.44. The number of nitrogens with zero attached hydrogens (tertiary/aromatic N) is 1. The molecule has 1 heterocycles. The van der Waals surface area contributed by atoms with Gasteiger partial charge in [0.1, 0.15) is 18.1 Å². The summed E-state index contributed by atoms with van der Waals surface area (Å²) in [6.07, 6.45) is 1.20. The molecular formula is C21H32N6O9. The standard InChI is InChI=1S/C21H32N6O9/c1-10(2)17(27-18(32)12(22)3-5-15(28)29)20(34)25-13(4-6-16(30)31)19(33)26-14(21(35)36)7-11-8-23-9-24-11/h8-10,12-14,17H,3-7,22H2,1-2H3,(H,23,24)(H,25,34)(H,26,33)(H,27,32)(H,28,29)(H,30,31)(H,35,36). The first kappa shape index (κ1) is 30.0. The summed E-state index contributed by atoms with van der Waals surface area (Å²) in [6, 6.07) is -5.19. The molecule has 0 aliphatic rings. The second kappa shape index (κ2) is 14.4. The highest BCUT2D eigenvalue weighted by molar-refractivity contribution is 5.94. The number of H-pyrrole nitrogens is 1. The minimum Gasteiger partial charge on any atom is -0.481 e.